The minimum atomic E-state index is -0.341. The maximum atomic E-state index is 12.4. The van der Waals surface area contributed by atoms with Gasteiger partial charge in [0.05, 0.1) is 17.3 Å². The predicted octanol–water partition coefficient (Wildman–Crippen LogP) is 1.13. The number of carbonyl (C=O) groups excluding carboxylic acids is 1. The van der Waals surface area contributed by atoms with E-state index in [9.17, 15) is 14.4 Å². The van der Waals surface area contributed by atoms with Crippen LogP contribution < -0.4 is 11.1 Å². The molecule has 0 fully saturated rings. The van der Waals surface area contributed by atoms with E-state index in [1.165, 1.54) is 4.68 Å². The van der Waals surface area contributed by atoms with E-state index in [-0.39, 0.29) is 30.0 Å². The molecule has 2 aromatic heterocycles. The van der Waals surface area contributed by atoms with Gasteiger partial charge in [-0.05, 0) is 23.8 Å². The molecule has 25 heavy (non-hydrogen) atoms. The second-order valence-corrected chi connectivity index (χ2v) is 5.80. The molecule has 128 valence electrons. The Morgan fingerprint density at radius 3 is 2.64 bits per heavy atom. The highest BCUT2D eigenvalue weighted by molar-refractivity contribution is 5.80. The number of hydrogen-bond donors (Lipinski definition) is 1. The SMILES string of the molecule is CN(Cc1cccnc1)C(=O)CCn1[nH]c(=O)c2ccccc2c1=O. The first-order chi connectivity index (χ1) is 12.1. The number of aryl methyl sites for hydroxylation is 1. The number of hydrogen-bond acceptors (Lipinski definition) is 4. The van der Waals surface area contributed by atoms with Crippen LogP contribution in [0.25, 0.3) is 10.8 Å². The van der Waals surface area contributed by atoms with E-state index < -0.39 is 0 Å². The number of amides is 1. The van der Waals surface area contributed by atoms with Crippen molar-refractivity contribution in [3.8, 4) is 0 Å². The van der Waals surface area contributed by atoms with Crippen LogP contribution in [0, 0.1) is 0 Å². The van der Waals surface area contributed by atoms with Gasteiger partial charge in [-0.1, -0.05) is 18.2 Å². The zero-order chi connectivity index (χ0) is 17.8. The average molecular weight is 338 g/mol. The van der Waals surface area contributed by atoms with Gasteiger partial charge in [0.15, 0.2) is 0 Å². The van der Waals surface area contributed by atoms with E-state index in [1.807, 2.05) is 12.1 Å². The number of benzene rings is 1. The first-order valence-electron chi connectivity index (χ1n) is 7.91. The molecule has 1 amide bonds. The zero-order valence-corrected chi connectivity index (χ0v) is 13.8. The van der Waals surface area contributed by atoms with Crippen molar-refractivity contribution in [3.05, 3.63) is 75.1 Å². The second kappa shape index (κ2) is 7.12. The van der Waals surface area contributed by atoms with Crippen LogP contribution in [0.2, 0.25) is 0 Å². The monoisotopic (exact) mass is 338 g/mol. The predicted molar refractivity (Wildman–Crippen MR) is 94.2 cm³/mol. The number of H-pyrrole nitrogens is 1. The Labute approximate surface area is 143 Å². The van der Waals surface area contributed by atoms with E-state index in [0.717, 1.165) is 5.56 Å². The number of fused-ring (bicyclic) bond motifs is 1. The van der Waals surface area contributed by atoms with Crippen LogP contribution in [-0.4, -0.2) is 32.6 Å². The molecule has 1 aromatic carbocycles. The Morgan fingerprint density at radius 1 is 1.16 bits per heavy atom. The molecule has 7 nitrogen and oxygen atoms in total. The summed E-state index contributed by atoms with van der Waals surface area (Å²) in [4.78, 5) is 42.3. The normalized spacial score (nSPS) is 10.8. The second-order valence-electron chi connectivity index (χ2n) is 5.80. The number of rotatable bonds is 5. The lowest BCUT2D eigenvalue weighted by Gasteiger charge is -2.17. The van der Waals surface area contributed by atoms with Crippen molar-refractivity contribution in [2.24, 2.45) is 0 Å². The number of nitrogens with zero attached hydrogens (tertiary/aromatic N) is 3. The fourth-order valence-electron chi connectivity index (χ4n) is 2.66. The molecule has 0 bridgehead atoms. The topological polar surface area (TPSA) is 88.1 Å². The first kappa shape index (κ1) is 16.6. The summed E-state index contributed by atoms with van der Waals surface area (Å²) < 4.78 is 1.19. The third kappa shape index (κ3) is 3.65. The van der Waals surface area contributed by atoms with Gasteiger partial charge >= 0.3 is 0 Å². The molecule has 3 rings (SSSR count). The molecule has 1 N–H and O–H groups in total. The van der Waals surface area contributed by atoms with E-state index in [2.05, 4.69) is 10.1 Å². The van der Waals surface area contributed by atoms with Crippen molar-refractivity contribution in [3.63, 3.8) is 0 Å². The zero-order valence-electron chi connectivity index (χ0n) is 13.8. The molecule has 0 atom stereocenters. The molecular formula is C18H18N4O3. The van der Waals surface area contributed by atoms with Crippen LogP contribution in [0.4, 0.5) is 0 Å². The van der Waals surface area contributed by atoms with Crippen molar-refractivity contribution in [2.75, 3.05) is 7.05 Å². The summed E-state index contributed by atoms with van der Waals surface area (Å²) in [6.45, 7) is 0.560. The largest absolute Gasteiger partial charge is 0.341 e. The van der Waals surface area contributed by atoms with E-state index in [1.54, 1.807) is 48.6 Å². The molecule has 2 heterocycles. The smallest absolute Gasteiger partial charge is 0.273 e. The van der Waals surface area contributed by atoms with Crippen LogP contribution in [0.3, 0.4) is 0 Å². The summed E-state index contributed by atoms with van der Waals surface area (Å²) in [6, 6.07) is 10.3. The standard InChI is InChI=1S/C18H18N4O3/c1-21(12-13-5-4-9-19-11-13)16(23)8-10-22-18(25)15-7-3-2-6-14(15)17(24)20-22/h2-7,9,11H,8,10,12H2,1H3,(H,20,24). The van der Waals surface area contributed by atoms with Gasteiger partial charge in [0, 0.05) is 32.4 Å². The molecule has 0 unspecified atom stereocenters. The van der Waals surface area contributed by atoms with Crippen LogP contribution >= 0.6 is 0 Å². The van der Waals surface area contributed by atoms with E-state index in [0.29, 0.717) is 17.3 Å². The lowest BCUT2D eigenvalue weighted by atomic mass is 10.2. The molecule has 0 saturated carbocycles. The van der Waals surface area contributed by atoms with Gasteiger partial charge in [0.25, 0.3) is 11.1 Å². The lowest BCUT2D eigenvalue weighted by molar-refractivity contribution is -0.130. The van der Waals surface area contributed by atoms with Gasteiger partial charge in [-0.25, -0.2) is 4.68 Å². The van der Waals surface area contributed by atoms with Gasteiger partial charge in [0.2, 0.25) is 5.91 Å². The molecule has 3 aromatic rings. The third-order valence-electron chi connectivity index (χ3n) is 4.00. The highest BCUT2D eigenvalue weighted by Gasteiger charge is 2.12. The van der Waals surface area contributed by atoms with Crippen molar-refractivity contribution >= 4 is 16.7 Å². The first-order valence-corrected chi connectivity index (χ1v) is 7.91. The minimum absolute atomic E-state index is 0.116. The highest BCUT2D eigenvalue weighted by atomic mass is 16.2. The quantitative estimate of drug-likeness (QED) is 0.755. The maximum Gasteiger partial charge on any atom is 0.273 e. The van der Waals surface area contributed by atoms with Crippen molar-refractivity contribution in [1.82, 2.24) is 19.7 Å². The lowest BCUT2D eigenvalue weighted by Crippen LogP contribution is -2.33. The average Bonchev–Trinajstić information content (AvgIpc) is 2.64. The summed E-state index contributed by atoms with van der Waals surface area (Å²) in [5.41, 5.74) is 0.277. The van der Waals surface area contributed by atoms with Crippen LogP contribution in [0.1, 0.15) is 12.0 Å². The molecule has 0 aliphatic heterocycles. The summed E-state index contributed by atoms with van der Waals surface area (Å²) in [6.07, 6.45) is 3.49. The molecule has 0 spiro atoms. The van der Waals surface area contributed by atoms with Crippen molar-refractivity contribution < 1.29 is 4.79 Å². The van der Waals surface area contributed by atoms with E-state index in [4.69, 9.17) is 0 Å². The fraction of sp³-hybridized carbons (Fsp3) is 0.222. The number of carbonyl (C=O) groups is 1. The highest BCUT2D eigenvalue weighted by Crippen LogP contribution is 2.04. The number of pyridine rings is 1. The van der Waals surface area contributed by atoms with Crippen molar-refractivity contribution in [1.29, 1.82) is 0 Å². The van der Waals surface area contributed by atoms with Gasteiger partial charge in [-0.15, -0.1) is 0 Å². The fourth-order valence-corrected chi connectivity index (χ4v) is 2.66. The maximum absolute atomic E-state index is 12.4. The van der Waals surface area contributed by atoms with Crippen LogP contribution in [-0.2, 0) is 17.9 Å². The molecule has 0 saturated heterocycles. The van der Waals surface area contributed by atoms with Crippen LogP contribution in [0.15, 0.2) is 58.4 Å². The Bertz CT molecular complexity index is 1010. The van der Waals surface area contributed by atoms with Crippen molar-refractivity contribution in [2.45, 2.75) is 19.5 Å². The summed E-state index contributed by atoms with van der Waals surface area (Å²) in [5.74, 6) is -0.121. The molecule has 0 aliphatic carbocycles. The van der Waals surface area contributed by atoms with E-state index >= 15 is 0 Å². The number of aromatic nitrogens is 3. The van der Waals surface area contributed by atoms with Gasteiger partial charge < -0.3 is 4.90 Å². The summed E-state index contributed by atoms with van der Waals surface area (Å²) in [5, 5.41) is 3.23. The summed E-state index contributed by atoms with van der Waals surface area (Å²) >= 11 is 0. The number of nitrogens with one attached hydrogen (secondary N) is 1. The van der Waals surface area contributed by atoms with Gasteiger partial charge in [-0.2, -0.15) is 0 Å². The molecule has 0 radical (unpaired) electrons. The van der Waals surface area contributed by atoms with Crippen LogP contribution in [0.5, 0.6) is 0 Å². The summed E-state index contributed by atoms with van der Waals surface area (Å²) in [7, 11) is 1.70. The molecule has 7 heteroatoms. The Kier molecular flexibility index (Phi) is 4.74. The van der Waals surface area contributed by atoms with Gasteiger partial charge in [0.1, 0.15) is 0 Å². The third-order valence-corrected chi connectivity index (χ3v) is 4.00. The Hall–Kier alpha value is -3.22. The number of aromatic amines is 1. The molecule has 0 aliphatic rings. The van der Waals surface area contributed by atoms with Gasteiger partial charge in [-0.3, -0.25) is 24.5 Å². The molecular weight excluding hydrogens is 320 g/mol. The Morgan fingerprint density at radius 2 is 1.92 bits per heavy atom. The minimum Gasteiger partial charge on any atom is -0.341 e. The Balaban J connectivity index is 1.72.